The minimum absolute atomic E-state index is 0.452. The molecule has 1 aromatic heterocycles. The van der Waals surface area contributed by atoms with Gasteiger partial charge in [0.2, 0.25) is 0 Å². The molecular weight excluding hydrogens is 250 g/mol. The minimum Gasteiger partial charge on any atom is -0.309 e. The maximum atomic E-state index is 3.55. The molecule has 1 N–H and O–H groups in total. The van der Waals surface area contributed by atoms with E-state index in [1.165, 1.54) is 27.3 Å². The van der Waals surface area contributed by atoms with Crippen LogP contribution in [0.1, 0.15) is 43.7 Å². The summed E-state index contributed by atoms with van der Waals surface area (Å²) in [5.41, 5.74) is 2.75. The van der Waals surface area contributed by atoms with E-state index >= 15 is 0 Å². The van der Waals surface area contributed by atoms with Gasteiger partial charge in [-0.3, -0.25) is 0 Å². The van der Waals surface area contributed by atoms with Gasteiger partial charge < -0.3 is 5.32 Å². The second kappa shape index (κ2) is 6.88. The van der Waals surface area contributed by atoms with Gasteiger partial charge in [0, 0.05) is 15.8 Å². The molecular formula is C17H23NS. The lowest BCUT2D eigenvalue weighted by Gasteiger charge is -2.10. The average Bonchev–Trinajstić information content (AvgIpc) is 2.94. The molecule has 0 radical (unpaired) electrons. The molecule has 102 valence electrons. The fraction of sp³-hybridized carbons (Fsp3) is 0.412. The molecule has 2 rings (SSSR count). The van der Waals surface area contributed by atoms with E-state index in [9.17, 15) is 0 Å². The van der Waals surface area contributed by atoms with E-state index in [4.69, 9.17) is 0 Å². The summed E-state index contributed by atoms with van der Waals surface area (Å²) in [6.07, 6.45) is 2.28. The third-order valence-electron chi connectivity index (χ3n) is 3.37. The highest BCUT2D eigenvalue weighted by Gasteiger charge is 2.09. The van der Waals surface area contributed by atoms with E-state index in [0.717, 1.165) is 13.0 Å². The monoisotopic (exact) mass is 273 g/mol. The van der Waals surface area contributed by atoms with Gasteiger partial charge in [-0.2, -0.15) is 0 Å². The van der Waals surface area contributed by atoms with Gasteiger partial charge >= 0.3 is 0 Å². The van der Waals surface area contributed by atoms with Crippen LogP contribution in [0.4, 0.5) is 0 Å². The van der Waals surface area contributed by atoms with Crippen molar-refractivity contribution in [3.8, 4) is 10.4 Å². The Kier molecular flexibility index (Phi) is 5.17. The van der Waals surface area contributed by atoms with Gasteiger partial charge in [-0.25, -0.2) is 0 Å². The van der Waals surface area contributed by atoms with Crippen molar-refractivity contribution in [1.29, 1.82) is 0 Å². The summed E-state index contributed by atoms with van der Waals surface area (Å²) in [4.78, 5) is 2.79. The van der Waals surface area contributed by atoms with E-state index in [-0.39, 0.29) is 0 Å². The van der Waals surface area contributed by atoms with Crippen LogP contribution in [0, 0.1) is 0 Å². The number of hydrogen-bond acceptors (Lipinski definition) is 2. The van der Waals surface area contributed by atoms with Crippen molar-refractivity contribution in [2.45, 2.75) is 39.7 Å². The molecule has 1 atom stereocenters. The SMILES string of the molecule is CCCNC(C)c1ccc(-c2cccc(CC)c2)s1. The number of rotatable bonds is 6. The van der Waals surface area contributed by atoms with Crippen LogP contribution in [-0.4, -0.2) is 6.54 Å². The Morgan fingerprint density at radius 1 is 1.16 bits per heavy atom. The predicted octanol–water partition coefficient (Wildman–Crippen LogP) is 5.04. The van der Waals surface area contributed by atoms with Crippen molar-refractivity contribution in [2.75, 3.05) is 6.54 Å². The van der Waals surface area contributed by atoms with Crippen LogP contribution in [0.15, 0.2) is 36.4 Å². The Morgan fingerprint density at radius 3 is 2.74 bits per heavy atom. The van der Waals surface area contributed by atoms with Crippen LogP contribution >= 0.6 is 11.3 Å². The second-order valence-corrected chi connectivity index (χ2v) is 6.05. The lowest BCUT2D eigenvalue weighted by atomic mass is 10.1. The Balaban J connectivity index is 2.15. The zero-order chi connectivity index (χ0) is 13.7. The lowest BCUT2D eigenvalue weighted by molar-refractivity contribution is 0.578. The number of hydrogen-bond donors (Lipinski definition) is 1. The Morgan fingerprint density at radius 2 is 2.00 bits per heavy atom. The average molecular weight is 273 g/mol. The van der Waals surface area contributed by atoms with Crippen molar-refractivity contribution in [3.05, 3.63) is 46.8 Å². The molecule has 0 amide bonds. The van der Waals surface area contributed by atoms with Gasteiger partial charge in [0.25, 0.3) is 0 Å². The highest BCUT2D eigenvalue weighted by atomic mass is 32.1. The first-order valence-electron chi connectivity index (χ1n) is 7.17. The number of nitrogens with one attached hydrogen (secondary N) is 1. The van der Waals surface area contributed by atoms with Crippen LogP contribution in [0.25, 0.3) is 10.4 Å². The van der Waals surface area contributed by atoms with Crippen LogP contribution in [-0.2, 0) is 6.42 Å². The maximum Gasteiger partial charge on any atom is 0.0386 e. The van der Waals surface area contributed by atoms with E-state index in [1.54, 1.807) is 0 Å². The summed E-state index contributed by atoms with van der Waals surface area (Å²) < 4.78 is 0. The van der Waals surface area contributed by atoms with Crippen LogP contribution in [0.2, 0.25) is 0 Å². The highest BCUT2D eigenvalue weighted by Crippen LogP contribution is 2.31. The number of thiophene rings is 1. The summed E-state index contributed by atoms with van der Waals surface area (Å²) in [6.45, 7) is 7.74. The normalized spacial score (nSPS) is 12.6. The molecule has 0 spiro atoms. The summed E-state index contributed by atoms with van der Waals surface area (Å²) in [6, 6.07) is 13.8. The molecule has 1 aromatic carbocycles. The topological polar surface area (TPSA) is 12.0 Å². The van der Waals surface area contributed by atoms with Crippen LogP contribution < -0.4 is 5.32 Å². The standard InChI is InChI=1S/C17H23NS/c1-4-11-18-13(3)16-9-10-17(19-16)15-8-6-7-14(5-2)12-15/h6-10,12-13,18H,4-5,11H2,1-3H3. The van der Waals surface area contributed by atoms with E-state index in [0.29, 0.717) is 6.04 Å². The zero-order valence-corrected chi connectivity index (χ0v) is 12.9. The Bertz CT molecular complexity index is 515. The Hall–Kier alpha value is -1.12. The van der Waals surface area contributed by atoms with Crippen molar-refractivity contribution in [2.24, 2.45) is 0 Å². The number of aryl methyl sites for hydroxylation is 1. The molecule has 0 aliphatic heterocycles. The highest BCUT2D eigenvalue weighted by molar-refractivity contribution is 7.15. The molecule has 2 heteroatoms. The van der Waals surface area contributed by atoms with E-state index in [1.807, 2.05) is 11.3 Å². The summed E-state index contributed by atoms with van der Waals surface area (Å²) in [5, 5.41) is 3.55. The summed E-state index contributed by atoms with van der Waals surface area (Å²) >= 11 is 1.90. The maximum absolute atomic E-state index is 3.55. The van der Waals surface area contributed by atoms with Crippen molar-refractivity contribution < 1.29 is 0 Å². The van der Waals surface area contributed by atoms with Gasteiger partial charge in [-0.1, -0.05) is 38.1 Å². The second-order valence-electron chi connectivity index (χ2n) is 4.93. The first kappa shape index (κ1) is 14.3. The minimum atomic E-state index is 0.452. The molecule has 19 heavy (non-hydrogen) atoms. The van der Waals surface area contributed by atoms with Crippen molar-refractivity contribution in [3.63, 3.8) is 0 Å². The summed E-state index contributed by atoms with van der Waals surface area (Å²) in [5.74, 6) is 0. The molecule has 1 nitrogen and oxygen atoms in total. The third kappa shape index (κ3) is 3.68. The molecule has 0 saturated carbocycles. The van der Waals surface area contributed by atoms with Crippen molar-refractivity contribution in [1.82, 2.24) is 5.32 Å². The van der Waals surface area contributed by atoms with E-state index in [2.05, 4.69) is 62.5 Å². The van der Waals surface area contributed by atoms with Crippen LogP contribution in [0.5, 0.6) is 0 Å². The number of benzene rings is 1. The quantitative estimate of drug-likeness (QED) is 0.777. The molecule has 2 aromatic rings. The van der Waals surface area contributed by atoms with Crippen molar-refractivity contribution >= 4 is 11.3 Å². The smallest absolute Gasteiger partial charge is 0.0386 e. The molecule has 1 heterocycles. The first-order chi connectivity index (χ1) is 9.24. The molecule has 0 aliphatic carbocycles. The van der Waals surface area contributed by atoms with E-state index < -0.39 is 0 Å². The fourth-order valence-electron chi connectivity index (χ4n) is 2.15. The van der Waals surface area contributed by atoms with Gasteiger partial charge in [0.05, 0.1) is 0 Å². The lowest BCUT2D eigenvalue weighted by Crippen LogP contribution is -2.18. The Labute approximate surface area is 120 Å². The molecule has 0 fully saturated rings. The largest absolute Gasteiger partial charge is 0.309 e. The van der Waals surface area contributed by atoms with Gasteiger partial charge in [-0.05, 0) is 49.6 Å². The van der Waals surface area contributed by atoms with Gasteiger partial charge in [-0.15, -0.1) is 11.3 Å². The molecule has 0 saturated heterocycles. The predicted molar refractivity (Wildman–Crippen MR) is 85.8 cm³/mol. The van der Waals surface area contributed by atoms with Gasteiger partial charge in [0.1, 0.15) is 0 Å². The molecule has 0 bridgehead atoms. The first-order valence-corrected chi connectivity index (χ1v) is 7.98. The summed E-state index contributed by atoms with van der Waals surface area (Å²) in [7, 11) is 0. The zero-order valence-electron chi connectivity index (χ0n) is 12.1. The third-order valence-corrected chi connectivity index (χ3v) is 4.69. The fourth-order valence-corrected chi connectivity index (χ4v) is 3.18. The molecule has 1 unspecified atom stereocenters. The van der Waals surface area contributed by atoms with Crippen LogP contribution in [0.3, 0.4) is 0 Å². The molecule has 0 aliphatic rings. The van der Waals surface area contributed by atoms with Gasteiger partial charge in [0.15, 0.2) is 0 Å².